The van der Waals surface area contributed by atoms with E-state index < -0.39 is 0 Å². The van der Waals surface area contributed by atoms with Gasteiger partial charge in [-0.3, -0.25) is 0 Å². The van der Waals surface area contributed by atoms with E-state index in [0.29, 0.717) is 22.9 Å². The molecule has 0 bridgehead atoms. The van der Waals surface area contributed by atoms with Crippen molar-refractivity contribution in [3.63, 3.8) is 0 Å². The number of anilines is 1. The molecule has 0 radical (unpaired) electrons. The first-order valence-electron chi connectivity index (χ1n) is 6.59. The first kappa shape index (κ1) is 12.7. The maximum atomic E-state index is 5.94. The van der Waals surface area contributed by atoms with Crippen molar-refractivity contribution >= 4 is 23.2 Å². The van der Waals surface area contributed by atoms with Gasteiger partial charge in [-0.2, -0.15) is 4.98 Å². The fourth-order valence-corrected chi connectivity index (χ4v) is 2.81. The predicted molar refractivity (Wildman–Crippen MR) is 76.7 cm³/mol. The third-order valence-electron chi connectivity index (χ3n) is 3.72. The minimum absolute atomic E-state index is 0.434. The second-order valence-corrected chi connectivity index (χ2v) is 5.80. The van der Waals surface area contributed by atoms with Crippen molar-refractivity contribution < 1.29 is 0 Å². The summed E-state index contributed by atoms with van der Waals surface area (Å²) < 4.78 is 1.71. The summed E-state index contributed by atoms with van der Waals surface area (Å²) in [6.07, 6.45) is 2.89. The van der Waals surface area contributed by atoms with Gasteiger partial charge >= 0.3 is 0 Å². The summed E-state index contributed by atoms with van der Waals surface area (Å²) in [6.45, 7) is 4.48. The molecule has 0 aromatic carbocycles. The van der Waals surface area contributed by atoms with Gasteiger partial charge in [-0.25, -0.2) is 4.52 Å². The molecule has 0 saturated carbocycles. The largest absolute Gasteiger partial charge is 0.350 e. The Labute approximate surface area is 117 Å². The molecule has 0 amide bonds. The van der Waals surface area contributed by atoms with Crippen LogP contribution in [-0.4, -0.2) is 45.7 Å². The molecule has 1 saturated heterocycles. The Kier molecular flexibility index (Phi) is 3.33. The van der Waals surface area contributed by atoms with Crippen LogP contribution in [0.4, 0.5) is 5.95 Å². The van der Waals surface area contributed by atoms with Crippen LogP contribution in [0.2, 0.25) is 5.02 Å². The van der Waals surface area contributed by atoms with Gasteiger partial charge in [-0.15, -0.1) is 5.10 Å². The maximum absolute atomic E-state index is 5.94. The number of piperidine rings is 1. The zero-order chi connectivity index (χ0) is 13.4. The second-order valence-electron chi connectivity index (χ2n) is 5.36. The van der Waals surface area contributed by atoms with Crippen LogP contribution < -0.4 is 5.32 Å². The molecule has 2 unspecified atom stereocenters. The highest BCUT2D eigenvalue weighted by Crippen LogP contribution is 2.19. The van der Waals surface area contributed by atoms with Gasteiger partial charge < -0.3 is 10.2 Å². The highest BCUT2D eigenvalue weighted by molar-refractivity contribution is 6.30. The average molecular weight is 280 g/mol. The molecule has 6 heteroatoms. The van der Waals surface area contributed by atoms with Crippen LogP contribution in [0.25, 0.3) is 5.65 Å². The SMILES string of the molecule is CC1CN(C)CCC1Nc1nc2ccc(Cl)cn2n1. The lowest BCUT2D eigenvalue weighted by Crippen LogP contribution is -2.43. The molecule has 5 nitrogen and oxygen atoms in total. The number of likely N-dealkylation sites (tertiary alicyclic amines) is 1. The van der Waals surface area contributed by atoms with Crippen molar-refractivity contribution in [2.75, 3.05) is 25.5 Å². The summed E-state index contributed by atoms with van der Waals surface area (Å²) >= 11 is 5.94. The normalized spacial score (nSPS) is 24.8. The van der Waals surface area contributed by atoms with Crippen molar-refractivity contribution in [2.24, 2.45) is 5.92 Å². The van der Waals surface area contributed by atoms with E-state index in [9.17, 15) is 0 Å². The number of nitrogens with zero attached hydrogens (tertiary/aromatic N) is 4. The zero-order valence-electron chi connectivity index (χ0n) is 11.2. The number of nitrogens with one attached hydrogen (secondary N) is 1. The van der Waals surface area contributed by atoms with E-state index in [2.05, 4.69) is 34.3 Å². The first-order valence-corrected chi connectivity index (χ1v) is 6.96. The highest BCUT2D eigenvalue weighted by Gasteiger charge is 2.24. The van der Waals surface area contributed by atoms with E-state index in [-0.39, 0.29) is 0 Å². The zero-order valence-corrected chi connectivity index (χ0v) is 11.9. The highest BCUT2D eigenvalue weighted by atomic mass is 35.5. The van der Waals surface area contributed by atoms with Crippen LogP contribution in [0.5, 0.6) is 0 Å². The Morgan fingerprint density at radius 2 is 2.26 bits per heavy atom. The van der Waals surface area contributed by atoms with E-state index in [4.69, 9.17) is 11.6 Å². The predicted octanol–water partition coefficient (Wildman–Crippen LogP) is 2.13. The van der Waals surface area contributed by atoms with Crippen LogP contribution in [0.15, 0.2) is 18.3 Å². The summed E-state index contributed by atoms with van der Waals surface area (Å²) in [4.78, 5) is 6.83. The van der Waals surface area contributed by atoms with Gasteiger partial charge in [0.15, 0.2) is 5.65 Å². The number of aromatic nitrogens is 3. The summed E-state index contributed by atoms with van der Waals surface area (Å²) in [5, 5.41) is 8.53. The van der Waals surface area contributed by atoms with Gasteiger partial charge in [-0.05, 0) is 38.1 Å². The molecule has 0 spiro atoms. The average Bonchev–Trinajstić information content (AvgIpc) is 2.74. The number of pyridine rings is 1. The fraction of sp³-hybridized carbons (Fsp3) is 0.538. The molecule has 3 rings (SSSR count). The lowest BCUT2D eigenvalue weighted by Gasteiger charge is -2.34. The summed E-state index contributed by atoms with van der Waals surface area (Å²) in [5.41, 5.74) is 0.812. The number of rotatable bonds is 2. The second kappa shape index (κ2) is 4.98. The summed E-state index contributed by atoms with van der Waals surface area (Å²) in [5.74, 6) is 1.28. The van der Waals surface area contributed by atoms with Crippen molar-refractivity contribution in [1.82, 2.24) is 19.5 Å². The van der Waals surface area contributed by atoms with Gasteiger partial charge in [0.25, 0.3) is 0 Å². The Morgan fingerprint density at radius 3 is 3.05 bits per heavy atom. The third-order valence-corrected chi connectivity index (χ3v) is 3.94. The van der Waals surface area contributed by atoms with Gasteiger partial charge in [-0.1, -0.05) is 18.5 Å². The third kappa shape index (κ3) is 2.67. The maximum Gasteiger partial charge on any atom is 0.243 e. The molecule has 0 aliphatic carbocycles. The van der Waals surface area contributed by atoms with E-state index in [0.717, 1.165) is 25.2 Å². The molecular weight excluding hydrogens is 262 g/mol. The Balaban J connectivity index is 1.77. The Bertz CT molecular complexity index is 581. The molecule has 2 atom stereocenters. The monoisotopic (exact) mass is 279 g/mol. The molecule has 1 fully saturated rings. The van der Waals surface area contributed by atoms with E-state index in [1.54, 1.807) is 10.7 Å². The van der Waals surface area contributed by atoms with E-state index in [1.165, 1.54) is 0 Å². The quantitative estimate of drug-likeness (QED) is 0.915. The van der Waals surface area contributed by atoms with Crippen LogP contribution in [0, 0.1) is 5.92 Å². The molecule has 1 N–H and O–H groups in total. The first-order chi connectivity index (χ1) is 9.11. The molecule has 102 valence electrons. The van der Waals surface area contributed by atoms with Crippen molar-refractivity contribution in [3.8, 4) is 0 Å². The van der Waals surface area contributed by atoms with Crippen molar-refractivity contribution in [1.29, 1.82) is 0 Å². The standard InChI is InChI=1S/C13H18ClN5/c1-9-7-18(2)6-5-11(9)15-13-16-12-4-3-10(14)8-19(12)17-13/h3-4,8-9,11H,5-7H2,1-2H3,(H,15,17). The van der Waals surface area contributed by atoms with Crippen LogP contribution in [-0.2, 0) is 0 Å². The van der Waals surface area contributed by atoms with Crippen molar-refractivity contribution in [3.05, 3.63) is 23.4 Å². The smallest absolute Gasteiger partial charge is 0.243 e. The number of hydrogen-bond acceptors (Lipinski definition) is 4. The summed E-state index contributed by atoms with van der Waals surface area (Å²) in [6, 6.07) is 4.13. The number of hydrogen-bond donors (Lipinski definition) is 1. The number of fused-ring (bicyclic) bond motifs is 1. The van der Waals surface area contributed by atoms with Crippen LogP contribution in [0.1, 0.15) is 13.3 Å². The minimum Gasteiger partial charge on any atom is -0.350 e. The van der Waals surface area contributed by atoms with E-state index in [1.807, 2.05) is 12.1 Å². The minimum atomic E-state index is 0.434. The molecule has 2 aromatic rings. The van der Waals surface area contributed by atoms with Crippen LogP contribution in [0.3, 0.4) is 0 Å². The Hall–Kier alpha value is -1.33. The van der Waals surface area contributed by atoms with Gasteiger partial charge in [0.05, 0.1) is 5.02 Å². The molecule has 19 heavy (non-hydrogen) atoms. The summed E-state index contributed by atoms with van der Waals surface area (Å²) in [7, 11) is 2.16. The Morgan fingerprint density at radius 1 is 1.42 bits per heavy atom. The molecule has 2 aromatic heterocycles. The van der Waals surface area contributed by atoms with E-state index >= 15 is 0 Å². The molecule has 3 heterocycles. The molecular formula is C13H18ClN5. The van der Waals surface area contributed by atoms with Crippen molar-refractivity contribution in [2.45, 2.75) is 19.4 Å². The lowest BCUT2D eigenvalue weighted by atomic mass is 9.94. The van der Waals surface area contributed by atoms with Crippen LogP contribution >= 0.6 is 11.6 Å². The van der Waals surface area contributed by atoms with Gasteiger partial charge in [0.1, 0.15) is 0 Å². The topological polar surface area (TPSA) is 45.5 Å². The van der Waals surface area contributed by atoms with Gasteiger partial charge in [0.2, 0.25) is 5.95 Å². The van der Waals surface area contributed by atoms with Gasteiger partial charge in [0, 0.05) is 18.8 Å². The number of halogens is 1. The molecule has 1 aliphatic heterocycles. The molecule has 1 aliphatic rings. The fourth-order valence-electron chi connectivity index (χ4n) is 2.65. The lowest BCUT2D eigenvalue weighted by molar-refractivity contribution is 0.206.